The minimum Gasteiger partial charge on any atom is -0.480 e. The van der Waals surface area contributed by atoms with Gasteiger partial charge in [-0.15, -0.1) is 11.3 Å². The highest BCUT2D eigenvalue weighted by molar-refractivity contribution is 7.14. The summed E-state index contributed by atoms with van der Waals surface area (Å²) in [5.74, 6) is -1.93. The minimum absolute atomic E-state index is 0.205. The van der Waals surface area contributed by atoms with Gasteiger partial charge in [-0.1, -0.05) is 42.5 Å². The number of carboxylic acids is 2. The lowest BCUT2D eigenvalue weighted by Crippen LogP contribution is -2.31. The Morgan fingerprint density at radius 1 is 1.04 bits per heavy atom. The predicted molar refractivity (Wildman–Crippen MR) is 99.7 cm³/mol. The van der Waals surface area contributed by atoms with E-state index in [4.69, 9.17) is 5.11 Å². The zero-order chi connectivity index (χ0) is 18.5. The third-order valence-electron chi connectivity index (χ3n) is 3.81. The number of thiazole rings is 1. The monoisotopic (exact) mass is 368 g/mol. The van der Waals surface area contributed by atoms with Crippen molar-refractivity contribution in [3.63, 3.8) is 0 Å². The van der Waals surface area contributed by atoms with Gasteiger partial charge in [-0.2, -0.15) is 0 Å². The second-order valence-corrected chi connectivity index (χ2v) is 6.50. The fourth-order valence-corrected chi connectivity index (χ4v) is 3.23. The number of hydrogen-bond donors (Lipinski definition) is 3. The van der Waals surface area contributed by atoms with Gasteiger partial charge in [0, 0.05) is 17.4 Å². The largest absolute Gasteiger partial charge is 0.480 e. The van der Waals surface area contributed by atoms with Crippen molar-refractivity contribution in [3.05, 3.63) is 71.1 Å². The third kappa shape index (κ3) is 4.25. The normalized spacial score (nSPS) is 11.7. The molecule has 6 nitrogen and oxygen atoms in total. The van der Waals surface area contributed by atoms with E-state index in [9.17, 15) is 14.7 Å². The van der Waals surface area contributed by atoms with Crippen molar-refractivity contribution >= 4 is 28.4 Å². The lowest BCUT2D eigenvalue weighted by Gasteiger charge is -2.13. The molecule has 2 aromatic carbocycles. The summed E-state index contributed by atoms with van der Waals surface area (Å²) in [7, 11) is 0. The first-order valence-corrected chi connectivity index (χ1v) is 8.73. The van der Waals surface area contributed by atoms with Gasteiger partial charge < -0.3 is 15.5 Å². The van der Waals surface area contributed by atoms with Crippen LogP contribution in [0.2, 0.25) is 0 Å². The van der Waals surface area contributed by atoms with Gasteiger partial charge in [0.15, 0.2) is 5.13 Å². The van der Waals surface area contributed by atoms with E-state index in [-0.39, 0.29) is 5.56 Å². The number of carboxylic acid groups (broad SMARTS) is 2. The maximum Gasteiger partial charge on any atom is 0.335 e. The summed E-state index contributed by atoms with van der Waals surface area (Å²) in [4.78, 5) is 26.9. The Bertz CT molecular complexity index is 907. The van der Waals surface area contributed by atoms with Crippen LogP contribution in [0.25, 0.3) is 11.3 Å². The summed E-state index contributed by atoms with van der Waals surface area (Å²) in [5, 5.41) is 23.7. The first-order chi connectivity index (χ1) is 12.5. The third-order valence-corrected chi connectivity index (χ3v) is 4.58. The van der Waals surface area contributed by atoms with Crippen LogP contribution in [-0.2, 0) is 11.2 Å². The second kappa shape index (κ2) is 7.79. The molecule has 3 aromatic rings. The second-order valence-electron chi connectivity index (χ2n) is 5.65. The molecule has 3 rings (SSSR count). The summed E-state index contributed by atoms with van der Waals surface area (Å²) >= 11 is 1.31. The predicted octanol–water partition coefficient (Wildman–Crippen LogP) is 3.62. The molecule has 0 saturated carbocycles. The van der Waals surface area contributed by atoms with E-state index in [0.29, 0.717) is 17.2 Å². The van der Waals surface area contributed by atoms with Gasteiger partial charge in [0.25, 0.3) is 0 Å². The smallest absolute Gasteiger partial charge is 0.335 e. The molecule has 0 aliphatic carbocycles. The van der Waals surface area contributed by atoms with Crippen molar-refractivity contribution in [1.29, 1.82) is 0 Å². The number of aromatic carboxylic acids is 1. The molecule has 0 fully saturated rings. The number of benzene rings is 2. The van der Waals surface area contributed by atoms with Crippen LogP contribution >= 0.6 is 11.3 Å². The van der Waals surface area contributed by atoms with Crippen molar-refractivity contribution in [3.8, 4) is 11.3 Å². The molecular weight excluding hydrogens is 352 g/mol. The number of anilines is 1. The Hall–Kier alpha value is -3.19. The summed E-state index contributed by atoms with van der Waals surface area (Å²) in [6.45, 7) is 0. The number of nitrogens with zero attached hydrogens (tertiary/aromatic N) is 1. The van der Waals surface area contributed by atoms with Crippen molar-refractivity contribution in [2.75, 3.05) is 5.32 Å². The van der Waals surface area contributed by atoms with Crippen molar-refractivity contribution in [2.24, 2.45) is 0 Å². The Balaban J connectivity index is 1.73. The van der Waals surface area contributed by atoms with Crippen LogP contribution in [0.15, 0.2) is 60.0 Å². The van der Waals surface area contributed by atoms with Crippen LogP contribution in [0, 0.1) is 0 Å². The van der Waals surface area contributed by atoms with Gasteiger partial charge in [0.1, 0.15) is 6.04 Å². The minimum atomic E-state index is -0.984. The molecule has 0 amide bonds. The number of aromatic nitrogens is 1. The number of rotatable bonds is 7. The van der Waals surface area contributed by atoms with Crippen LogP contribution in [0.5, 0.6) is 0 Å². The first-order valence-electron chi connectivity index (χ1n) is 7.85. The summed E-state index contributed by atoms with van der Waals surface area (Å²) in [6.07, 6.45) is 0.346. The van der Waals surface area contributed by atoms with Crippen LogP contribution < -0.4 is 5.32 Å². The maximum atomic E-state index is 11.5. The summed E-state index contributed by atoms with van der Waals surface area (Å²) < 4.78 is 0. The molecule has 1 atom stereocenters. The average Bonchev–Trinajstić information content (AvgIpc) is 3.10. The average molecular weight is 368 g/mol. The van der Waals surface area contributed by atoms with E-state index < -0.39 is 18.0 Å². The molecule has 132 valence electrons. The van der Waals surface area contributed by atoms with Crippen molar-refractivity contribution < 1.29 is 19.8 Å². The molecule has 26 heavy (non-hydrogen) atoms. The van der Waals surface area contributed by atoms with E-state index in [2.05, 4.69) is 10.3 Å². The van der Waals surface area contributed by atoms with Gasteiger partial charge in [-0.05, 0) is 17.7 Å². The number of nitrogens with one attached hydrogen (secondary N) is 1. The van der Waals surface area contributed by atoms with Gasteiger partial charge in [-0.3, -0.25) is 0 Å². The Labute approximate surface area is 153 Å². The Kier molecular flexibility index (Phi) is 5.28. The molecule has 0 saturated heterocycles. The Morgan fingerprint density at radius 2 is 1.73 bits per heavy atom. The summed E-state index contributed by atoms with van der Waals surface area (Å²) in [5.41, 5.74) is 2.57. The van der Waals surface area contributed by atoms with E-state index in [1.807, 2.05) is 30.3 Å². The fourth-order valence-electron chi connectivity index (χ4n) is 2.46. The highest BCUT2D eigenvalue weighted by Gasteiger charge is 2.19. The van der Waals surface area contributed by atoms with Gasteiger partial charge in [0.2, 0.25) is 0 Å². The quantitative estimate of drug-likeness (QED) is 0.589. The lowest BCUT2D eigenvalue weighted by molar-refractivity contribution is -0.137. The zero-order valence-corrected chi connectivity index (χ0v) is 14.4. The number of hydrogen-bond acceptors (Lipinski definition) is 5. The topological polar surface area (TPSA) is 99.5 Å². The molecule has 0 unspecified atom stereocenters. The highest BCUT2D eigenvalue weighted by Crippen LogP contribution is 2.26. The van der Waals surface area contributed by atoms with Crippen molar-refractivity contribution in [1.82, 2.24) is 4.98 Å². The molecular formula is C19H16N2O4S. The molecule has 0 spiro atoms. The molecule has 7 heteroatoms. The number of carbonyl (C=O) groups is 2. The standard InChI is InChI=1S/C19H16N2O4S/c22-17(23)14-8-6-13(7-9-14)16-11-26-19(21-16)20-15(18(24)25)10-12-4-2-1-3-5-12/h1-9,11,15H,10H2,(H,20,21)(H,22,23)(H,24,25)/t15-/m1/s1. The van der Waals surface area contributed by atoms with E-state index in [1.165, 1.54) is 23.5 Å². The van der Waals surface area contributed by atoms with Crippen LogP contribution in [-0.4, -0.2) is 33.2 Å². The van der Waals surface area contributed by atoms with Gasteiger partial charge in [-0.25, -0.2) is 14.6 Å². The van der Waals surface area contributed by atoms with Crippen LogP contribution in [0.1, 0.15) is 15.9 Å². The molecule has 3 N–H and O–H groups in total. The molecule has 0 aliphatic heterocycles. The van der Waals surface area contributed by atoms with Crippen molar-refractivity contribution in [2.45, 2.75) is 12.5 Å². The molecule has 0 aliphatic rings. The van der Waals surface area contributed by atoms with Crippen LogP contribution in [0.3, 0.4) is 0 Å². The first kappa shape index (κ1) is 17.6. The van der Waals surface area contributed by atoms with E-state index in [0.717, 1.165) is 11.1 Å². The fraction of sp³-hybridized carbons (Fsp3) is 0.105. The van der Waals surface area contributed by atoms with Gasteiger partial charge in [0.05, 0.1) is 11.3 Å². The zero-order valence-electron chi connectivity index (χ0n) is 13.6. The molecule has 0 bridgehead atoms. The van der Waals surface area contributed by atoms with Crippen LogP contribution in [0.4, 0.5) is 5.13 Å². The van der Waals surface area contributed by atoms with Gasteiger partial charge >= 0.3 is 11.9 Å². The van der Waals surface area contributed by atoms with E-state index >= 15 is 0 Å². The number of aliphatic carboxylic acids is 1. The highest BCUT2D eigenvalue weighted by atomic mass is 32.1. The maximum absolute atomic E-state index is 11.5. The molecule has 0 radical (unpaired) electrons. The lowest BCUT2D eigenvalue weighted by atomic mass is 10.1. The van der Waals surface area contributed by atoms with E-state index in [1.54, 1.807) is 17.5 Å². The Morgan fingerprint density at radius 3 is 2.35 bits per heavy atom. The molecule has 1 aromatic heterocycles. The SMILES string of the molecule is O=C(O)c1ccc(-c2csc(N[C@H](Cc3ccccc3)C(=O)O)n2)cc1. The summed E-state index contributed by atoms with van der Waals surface area (Å²) in [6, 6.07) is 15.0. The molecule has 1 heterocycles.